The molecule has 0 aliphatic heterocycles. The lowest BCUT2D eigenvalue weighted by atomic mass is 9.99. The molecule has 1 unspecified atom stereocenters. The van der Waals surface area contributed by atoms with Crippen LogP contribution in [-0.4, -0.2) is 23.5 Å². The van der Waals surface area contributed by atoms with Crippen LogP contribution in [0.4, 0.5) is 0 Å². The van der Waals surface area contributed by atoms with E-state index in [0.717, 1.165) is 6.42 Å². The second-order valence-corrected chi connectivity index (χ2v) is 3.86. The molecule has 0 aliphatic rings. The summed E-state index contributed by atoms with van der Waals surface area (Å²) < 4.78 is 0. The van der Waals surface area contributed by atoms with E-state index >= 15 is 0 Å². The Bertz CT molecular complexity index is 376. The number of carboxylic acid groups (broad SMARTS) is 1. The first kappa shape index (κ1) is 13.2. The number of benzene rings is 1. The van der Waals surface area contributed by atoms with Gasteiger partial charge in [0.15, 0.2) is 0 Å². The fourth-order valence-corrected chi connectivity index (χ4v) is 1.56. The maximum Gasteiger partial charge on any atom is 0.312 e. The van der Waals surface area contributed by atoms with E-state index in [-0.39, 0.29) is 12.5 Å². The van der Waals surface area contributed by atoms with Crippen LogP contribution < -0.4 is 5.32 Å². The summed E-state index contributed by atoms with van der Waals surface area (Å²) in [5.74, 6) is -1.71. The van der Waals surface area contributed by atoms with Crippen LogP contribution in [0.5, 0.6) is 0 Å². The second kappa shape index (κ2) is 6.68. The summed E-state index contributed by atoms with van der Waals surface area (Å²) in [6, 6.07) is 8.92. The number of hydrogen-bond acceptors (Lipinski definition) is 2. The zero-order valence-corrected chi connectivity index (χ0v) is 9.85. The first-order valence-electron chi connectivity index (χ1n) is 5.69. The van der Waals surface area contributed by atoms with Crippen molar-refractivity contribution in [3.8, 4) is 0 Å². The molecule has 0 fully saturated rings. The van der Waals surface area contributed by atoms with Gasteiger partial charge in [-0.25, -0.2) is 0 Å². The molecule has 0 aliphatic carbocycles. The molecule has 1 aromatic rings. The van der Waals surface area contributed by atoms with Crippen LogP contribution in [0.1, 0.15) is 31.2 Å². The molecule has 1 aromatic carbocycles. The Morgan fingerprint density at radius 2 is 1.94 bits per heavy atom. The van der Waals surface area contributed by atoms with Crippen molar-refractivity contribution >= 4 is 11.9 Å². The molecule has 0 bridgehead atoms. The van der Waals surface area contributed by atoms with Gasteiger partial charge in [-0.15, -0.1) is 0 Å². The fourth-order valence-electron chi connectivity index (χ4n) is 1.56. The normalized spacial score (nSPS) is 11.8. The molecule has 0 radical (unpaired) electrons. The molecule has 4 heteroatoms. The summed E-state index contributed by atoms with van der Waals surface area (Å²) in [7, 11) is 0. The second-order valence-electron chi connectivity index (χ2n) is 3.86. The first-order chi connectivity index (χ1) is 8.15. The lowest BCUT2D eigenvalue weighted by Crippen LogP contribution is -2.31. The summed E-state index contributed by atoms with van der Waals surface area (Å²) in [5.41, 5.74) is 0.705. The van der Waals surface area contributed by atoms with E-state index in [0.29, 0.717) is 12.0 Å². The largest absolute Gasteiger partial charge is 0.481 e. The summed E-state index contributed by atoms with van der Waals surface area (Å²) in [6.45, 7) is 2.05. The van der Waals surface area contributed by atoms with E-state index in [4.69, 9.17) is 5.11 Å². The van der Waals surface area contributed by atoms with Crippen LogP contribution in [0.3, 0.4) is 0 Å². The van der Waals surface area contributed by atoms with Crippen molar-refractivity contribution in [3.63, 3.8) is 0 Å². The van der Waals surface area contributed by atoms with Gasteiger partial charge in [0.2, 0.25) is 5.91 Å². The van der Waals surface area contributed by atoms with Gasteiger partial charge in [-0.3, -0.25) is 9.59 Å². The number of carbonyl (C=O) groups is 2. The van der Waals surface area contributed by atoms with Gasteiger partial charge in [-0.2, -0.15) is 0 Å². The number of aliphatic carboxylic acids is 1. The van der Waals surface area contributed by atoms with Crippen molar-refractivity contribution in [1.82, 2.24) is 5.32 Å². The minimum atomic E-state index is -0.923. The maximum atomic E-state index is 11.3. The predicted octanol–water partition coefficient (Wildman–Crippen LogP) is 1.77. The van der Waals surface area contributed by atoms with Crippen LogP contribution in [0.2, 0.25) is 0 Å². The molecular weight excluding hydrogens is 218 g/mol. The van der Waals surface area contributed by atoms with Crippen molar-refractivity contribution in [1.29, 1.82) is 0 Å². The molecule has 0 saturated heterocycles. The molecule has 0 spiro atoms. The minimum Gasteiger partial charge on any atom is -0.481 e. The van der Waals surface area contributed by atoms with Crippen molar-refractivity contribution in [2.75, 3.05) is 6.54 Å². The van der Waals surface area contributed by atoms with Crippen LogP contribution in [0.25, 0.3) is 0 Å². The van der Waals surface area contributed by atoms with Gasteiger partial charge in [0.05, 0.1) is 5.92 Å². The monoisotopic (exact) mass is 235 g/mol. The lowest BCUT2D eigenvalue weighted by molar-refractivity contribution is -0.138. The summed E-state index contributed by atoms with van der Waals surface area (Å²) in [5, 5.41) is 11.8. The first-order valence-corrected chi connectivity index (χ1v) is 5.69. The third-order valence-electron chi connectivity index (χ3n) is 2.48. The number of amides is 1. The topological polar surface area (TPSA) is 66.4 Å². The molecule has 0 saturated carbocycles. The van der Waals surface area contributed by atoms with Crippen molar-refractivity contribution in [2.24, 2.45) is 0 Å². The maximum absolute atomic E-state index is 11.3. The molecule has 1 rings (SSSR count). The fraction of sp³-hybridized carbons (Fsp3) is 0.385. The number of hydrogen-bond donors (Lipinski definition) is 2. The molecule has 92 valence electrons. The molecule has 2 N–H and O–H groups in total. The van der Waals surface area contributed by atoms with Crippen molar-refractivity contribution in [3.05, 3.63) is 35.9 Å². The Labute approximate surface area is 101 Å². The van der Waals surface area contributed by atoms with Gasteiger partial charge in [0.25, 0.3) is 0 Å². The Hall–Kier alpha value is -1.84. The molecule has 0 heterocycles. The van der Waals surface area contributed by atoms with Gasteiger partial charge in [0.1, 0.15) is 0 Å². The SMILES string of the molecule is CCCC(=O)NCC(C(=O)O)c1ccccc1. The van der Waals surface area contributed by atoms with Crippen LogP contribution in [0, 0.1) is 0 Å². The smallest absolute Gasteiger partial charge is 0.312 e. The zero-order valence-electron chi connectivity index (χ0n) is 9.85. The molecule has 0 aromatic heterocycles. The van der Waals surface area contributed by atoms with E-state index in [9.17, 15) is 9.59 Å². The minimum absolute atomic E-state index is 0.102. The molecular formula is C13H17NO3. The predicted molar refractivity (Wildman–Crippen MR) is 64.7 cm³/mol. The quantitative estimate of drug-likeness (QED) is 0.789. The van der Waals surface area contributed by atoms with Gasteiger partial charge in [-0.1, -0.05) is 37.3 Å². The third kappa shape index (κ3) is 4.26. The van der Waals surface area contributed by atoms with Crippen LogP contribution in [0.15, 0.2) is 30.3 Å². The van der Waals surface area contributed by atoms with Crippen LogP contribution in [-0.2, 0) is 9.59 Å². The van der Waals surface area contributed by atoms with Gasteiger partial charge >= 0.3 is 5.97 Å². The average molecular weight is 235 g/mol. The van der Waals surface area contributed by atoms with E-state index in [1.807, 2.05) is 13.0 Å². The highest BCUT2D eigenvalue weighted by Crippen LogP contribution is 2.14. The number of nitrogens with one attached hydrogen (secondary N) is 1. The molecule has 4 nitrogen and oxygen atoms in total. The van der Waals surface area contributed by atoms with E-state index in [2.05, 4.69) is 5.32 Å². The number of carbonyl (C=O) groups excluding carboxylic acids is 1. The van der Waals surface area contributed by atoms with E-state index in [1.165, 1.54) is 0 Å². The number of rotatable bonds is 6. The van der Waals surface area contributed by atoms with Gasteiger partial charge in [0, 0.05) is 13.0 Å². The molecule has 1 amide bonds. The van der Waals surface area contributed by atoms with Gasteiger partial charge < -0.3 is 10.4 Å². The third-order valence-corrected chi connectivity index (χ3v) is 2.48. The molecule has 1 atom stereocenters. The standard InChI is InChI=1S/C13H17NO3/c1-2-6-12(15)14-9-11(13(16)17)10-7-4-3-5-8-10/h3-5,7-8,11H,2,6,9H2,1H3,(H,14,15)(H,16,17). The Kier molecular flexibility index (Phi) is 5.20. The summed E-state index contributed by atoms with van der Waals surface area (Å²) >= 11 is 0. The highest BCUT2D eigenvalue weighted by Gasteiger charge is 2.19. The molecule has 17 heavy (non-hydrogen) atoms. The number of carboxylic acids is 1. The Morgan fingerprint density at radius 1 is 1.29 bits per heavy atom. The highest BCUT2D eigenvalue weighted by molar-refractivity contribution is 5.79. The average Bonchev–Trinajstić information content (AvgIpc) is 2.30. The Balaban J connectivity index is 2.62. The van der Waals surface area contributed by atoms with E-state index < -0.39 is 11.9 Å². The van der Waals surface area contributed by atoms with E-state index in [1.54, 1.807) is 24.3 Å². The van der Waals surface area contributed by atoms with Crippen molar-refractivity contribution in [2.45, 2.75) is 25.7 Å². The summed E-state index contributed by atoms with van der Waals surface area (Å²) in [6.07, 6.45) is 1.19. The Morgan fingerprint density at radius 3 is 2.47 bits per heavy atom. The highest BCUT2D eigenvalue weighted by atomic mass is 16.4. The summed E-state index contributed by atoms with van der Waals surface area (Å²) in [4.78, 5) is 22.4. The lowest BCUT2D eigenvalue weighted by Gasteiger charge is -2.13. The van der Waals surface area contributed by atoms with Crippen molar-refractivity contribution < 1.29 is 14.7 Å². The van der Waals surface area contributed by atoms with Crippen LogP contribution >= 0.6 is 0 Å². The van der Waals surface area contributed by atoms with Gasteiger partial charge in [-0.05, 0) is 12.0 Å². The zero-order chi connectivity index (χ0) is 12.7.